The van der Waals surface area contributed by atoms with Crippen LogP contribution in [0.3, 0.4) is 0 Å². The third-order valence-corrected chi connectivity index (χ3v) is 2.70. The minimum Gasteiger partial charge on any atom is -0.356 e. The van der Waals surface area contributed by atoms with Gasteiger partial charge in [-0.05, 0) is 19.4 Å². The van der Waals surface area contributed by atoms with Gasteiger partial charge in [-0.1, -0.05) is 26.2 Å². The zero-order valence-corrected chi connectivity index (χ0v) is 9.14. The average Bonchev–Trinajstić information content (AvgIpc) is 2.13. The maximum atomic E-state index is 11.3. The average molecular weight is 198 g/mol. The number of carbonyl (C=O) groups excluding carboxylic acids is 1. The Balaban J connectivity index is 2.22. The second kappa shape index (κ2) is 6.82. The third-order valence-electron chi connectivity index (χ3n) is 2.70. The topological polar surface area (TPSA) is 41.1 Å². The highest BCUT2D eigenvalue weighted by Crippen LogP contribution is 2.07. The van der Waals surface area contributed by atoms with Gasteiger partial charge in [0, 0.05) is 19.0 Å². The summed E-state index contributed by atoms with van der Waals surface area (Å²) in [5, 5.41) is 6.38. The molecule has 0 aromatic heterocycles. The van der Waals surface area contributed by atoms with Gasteiger partial charge >= 0.3 is 0 Å². The molecule has 0 aromatic rings. The lowest BCUT2D eigenvalue weighted by atomic mass is 10.0. The maximum absolute atomic E-state index is 11.3. The van der Waals surface area contributed by atoms with E-state index in [0.717, 1.165) is 25.9 Å². The summed E-state index contributed by atoms with van der Waals surface area (Å²) < 4.78 is 0. The standard InChI is InChI=1S/C11H22N2O/c1-2-3-4-6-10-9-11(14)13-8-5-7-12-10/h10,12H,2-9H2,1H3,(H,13,14). The number of carbonyl (C=O) groups is 1. The molecule has 1 rings (SSSR count). The lowest BCUT2D eigenvalue weighted by molar-refractivity contribution is -0.121. The van der Waals surface area contributed by atoms with Crippen LogP contribution >= 0.6 is 0 Å². The van der Waals surface area contributed by atoms with Crippen LogP contribution in [0.2, 0.25) is 0 Å². The molecular formula is C11H22N2O. The van der Waals surface area contributed by atoms with Gasteiger partial charge in [-0.3, -0.25) is 4.79 Å². The summed E-state index contributed by atoms with van der Waals surface area (Å²) in [7, 11) is 0. The van der Waals surface area contributed by atoms with Crippen molar-refractivity contribution in [2.45, 2.75) is 51.5 Å². The molecule has 0 aliphatic carbocycles. The van der Waals surface area contributed by atoms with E-state index < -0.39 is 0 Å². The Labute approximate surface area is 86.6 Å². The fourth-order valence-corrected chi connectivity index (χ4v) is 1.84. The van der Waals surface area contributed by atoms with Crippen LogP contribution in [0.5, 0.6) is 0 Å². The summed E-state index contributed by atoms with van der Waals surface area (Å²) in [4.78, 5) is 11.3. The van der Waals surface area contributed by atoms with Gasteiger partial charge in [0.25, 0.3) is 0 Å². The van der Waals surface area contributed by atoms with E-state index >= 15 is 0 Å². The number of rotatable bonds is 4. The molecule has 2 N–H and O–H groups in total. The van der Waals surface area contributed by atoms with Crippen LogP contribution in [-0.2, 0) is 4.79 Å². The fourth-order valence-electron chi connectivity index (χ4n) is 1.84. The summed E-state index contributed by atoms with van der Waals surface area (Å²) in [5.74, 6) is 0.207. The molecule has 3 heteroatoms. The van der Waals surface area contributed by atoms with E-state index in [2.05, 4.69) is 17.6 Å². The normalized spacial score (nSPS) is 23.8. The van der Waals surface area contributed by atoms with Crippen molar-refractivity contribution >= 4 is 5.91 Å². The van der Waals surface area contributed by atoms with Crippen LogP contribution in [-0.4, -0.2) is 25.0 Å². The predicted molar refractivity (Wildman–Crippen MR) is 58.2 cm³/mol. The first-order valence-electron chi connectivity index (χ1n) is 5.83. The molecule has 1 aliphatic rings. The van der Waals surface area contributed by atoms with Crippen molar-refractivity contribution in [2.75, 3.05) is 13.1 Å². The summed E-state index contributed by atoms with van der Waals surface area (Å²) >= 11 is 0. The van der Waals surface area contributed by atoms with E-state index in [1.165, 1.54) is 19.3 Å². The van der Waals surface area contributed by atoms with E-state index in [1.807, 2.05) is 0 Å². The highest BCUT2D eigenvalue weighted by atomic mass is 16.1. The Morgan fingerprint density at radius 1 is 1.36 bits per heavy atom. The third kappa shape index (κ3) is 4.61. The Kier molecular flexibility index (Phi) is 5.60. The van der Waals surface area contributed by atoms with Gasteiger partial charge in [0.1, 0.15) is 0 Å². The molecule has 0 aromatic carbocycles. The molecular weight excluding hydrogens is 176 g/mol. The Morgan fingerprint density at radius 3 is 3.00 bits per heavy atom. The zero-order valence-electron chi connectivity index (χ0n) is 9.14. The highest BCUT2D eigenvalue weighted by Gasteiger charge is 2.14. The van der Waals surface area contributed by atoms with Crippen molar-refractivity contribution in [3.8, 4) is 0 Å². The van der Waals surface area contributed by atoms with E-state index in [-0.39, 0.29) is 5.91 Å². The van der Waals surface area contributed by atoms with E-state index in [0.29, 0.717) is 12.5 Å². The number of amides is 1. The minimum absolute atomic E-state index is 0.207. The van der Waals surface area contributed by atoms with Crippen molar-refractivity contribution in [1.29, 1.82) is 0 Å². The zero-order chi connectivity index (χ0) is 10.2. The minimum atomic E-state index is 0.207. The van der Waals surface area contributed by atoms with Crippen molar-refractivity contribution in [1.82, 2.24) is 10.6 Å². The van der Waals surface area contributed by atoms with Gasteiger partial charge in [0.05, 0.1) is 0 Å². The molecule has 1 saturated heterocycles. The molecule has 3 nitrogen and oxygen atoms in total. The van der Waals surface area contributed by atoms with E-state index in [4.69, 9.17) is 0 Å². The Bertz CT molecular complexity index is 171. The molecule has 1 amide bonds. The summed E-state index contributed by atoms with van der Waals surface area (Å²) in [5.41, 5.74) is 0. The van der Waals surface area contributed by atoms with Crippen LogP contribution in [0, 0.1) is 0 Å². The molecule has 1 fully saturated rings. The second-order valence-corrected chi connectivity index (χ2v) is 4.05. The van der Waals surface area contributed by atoms with Crippen molar-refractivity contribution in [3.05, 3.63) is 0 Å². The van der Waals surface area contributed by atoms with Gasteiger partial charge in [-0.2, -0.15) is 0 Å². The van der Waals surface area contributed by atoms with Crippen LogP contribution in [0.1, 0.15) is 45.4 Å². The molecule has 0 bridgehead atoms. The molecule has 1 heterocycles. The fraction of sp³-hybridized carbons (Fsp3) is 0.909. The molecule has 0 radical (unpaired) electrons. The summed E-state index contributed by atoms with van der Waals surface area (Å²) in [6, 6.07) is 0.404. The second-order valence-electron chi connectivity index (χ2n) is 4.05. The monoisotopic (exact) mass is 198 g/mol. The van der Waals surface area contributed by atoms with Gasteiger partial charge in [0.2, 0.25) is 5.91 Å². The molecule has 0 saturated carbocycles. The van der Waals surface area contributed by atoms with Gasteiger partial charge < -0.3 is 10.6 Å². The van der Waals surface area contributed by atoms with Crippen LogP contribution in [0.25, 0.3) is 0 Å². The van der Waals surface area contributed by atoms with Crippen LogP contribution in [0.15, 0.2) is 0 Å². The largest absolute Gasteiger partial charge is 0.356 e. The van der Waals surface area contributed by atoms with Crippen LogP contribution in [0.4, 0.5) is 0 Å². The molecule has 14 heavy (non-hydrogen) atoms. The first-order valence-corrected chi connectivity index (χ1v) is 5.83. The predicted octanol–water partition coefficient (Wildman–Crippen LogP) is 1.43. The van der Waals surface area contributed by atoms with E-state index in [1.54, 1.807) is 0 Å². The van der Waals surface area contributed by atoms with Gasteiger partial charge in [-0.25, -0.2) is 0 Å². The smallest absolute Gasteiger partial charge is 0.221 e. The summed E-state index contributed by atoms with van der Waals surface area (Å²) in [6.45, 7) is 4.07. The quantitative estimate of drug-likeness (QED) is 0.671. The SMILES string of the molecule is CCCCCC1CC(=O)NCCCN1. The number of hydrogen-bond acceptors (Lipinski definition) is 2. The van der Waals surface area contributed by atoms with Crippen molar-refractivity contribution in [2.24, 2.45) is 0 Å². The number of hydrogen-bond donors (Lipinski definition) is 2. The van der Waals surface area contributed by atoms with Gasteiger partial charge in [0.15, 0.2) is 0 Å². The lowest BCUT2D eigenvalue weighted by Gasteiger charge is -2.21. The highest BCUT2D eigenvalue weighted by molar-refractivity contribution is 5.76. The van der Waals surface area contributed by atoms with Crippen molar-refractivity contribution < 1.29 is 4.79 Å². The molecule has 0 spiro atoms. The van der Waals surface area contributed by atoms with Crippen molar-refractivity contribution in [3.63, 3.8) is 0 Å². The molecule has 1 atom stereocenters. The van der Waals surface area contributed by atoms with Crippen LogP contribution < -0.4 is 10.6 Å². The Morgan fingerprint density at radius 2 is 2.21 bits per heavy atom. The molecule has 1 aliphatic heterocycles. The van der Waals surface area contributed by atoms with E-state index in [9.17, 15) is 4.79 Å². The number of nitrogens with one attached hydrogen (secondary N) is 2. The first kappa shape index (κ1) is 11.5. The number of unbranched alkanes of at least 4 members (excludes halogenated alkanes) is 2. The lowest BCUT2D eigenvalue weighted by Crippen LogP contribution is -2.40. The maximum Gasteiger partial charge on any atom is 0.221 e. The Hall–Kier alpha value is -0.570. The molecule has 1 unspecified atom stereocenters. The summed E-state index contributed by atoms with van der Waals surface area (Å²) in [6.07, 6.45) is 6.61. The van der Waals surface area contributed by atoms with Gasteiger partial charge in [-0.15, -0.1) is 0 Å². The first-order chi connectivity index (χ1) is 6.83. The molecule has 82 valence electrons.